The molecule has 1 aliphatic rings. The summed E-state index contributed by atoms with van der Waals surface area (Å²) < 4.78 is 2.30. The molecule has 1 N–H and O–H groups in total. The molecule has 3 heteroatoms. The van der Waals surface area contributed by atoms with Crippen molar-refractivity contribution in [2.24, 2.45) is 0 Å². The van der Waals surface area contributed by atoms with E-state index in [1.807, 2.05) is 6.20 Å². The normalized spacial score (nSPS) is 15.8. The predicted octanol–water partition coefficient (Wildman–Crippen LogP) is 4.30. The lowest BCUT2D eigenvalue weighted by molar-refractivity contribution is 0.525. The molecule has 0 radical (unpaired) electrons. The van der Waals surface area contributed by atoms with Gasteiger partial charge in [-0.05, 0) is 37.0 Å². The van der Waals surface area contributed by atoms with E-state index >= 15 is 0 Å². The third-order valence-electron chi connectivity index (χ3n) is 3.98. The summed E-state index contributed by atoms with van der Waals surface area (Å²) in [5, 5.41) is 3.46. The Labute approximate surface area is 114 Å². The lowest BCUT2D eigenvalue weighted by atomic mass is 10.1. The molecule has 0 saturated heterocycles. The van der Waals surface area contributed by atoms with Gasteiger partial charge in [0.1, 0.15) is 0 Å². The molecule has 1 aliphatic carbocycles. The van der Waals surface area contributed by atoms with E-state index in [4.69, 9.17) is 0 Å². The zero-order valence-electron chi connectivity index (χ0n) is 11.5. The van der Waals surface area contributed by atoms with E-state index in [9.17, 15) is 0 Å². The number of imidazole rings is 1. The van der Waals surface area contributed by atoms with Crippen molar-refractivity contribution in [3.63, 3.8) is 0 Å². The molecule has 19 heavy (non-hydrogen) atoms. The van der Waals surface area contributed by atoms with Crippen LogP contribution in [-0.4, -0.2) is 9.55 Å². The highest BCUT2D eigenvalue weighted by Gasteiger charge is 2.19. The molecule has 100 valence electrons. The number of benzene rings is 1. The maximum absolute atomic E-state index is 4.46. The summed E-state index contributed by atoms with van der Waals surface area (Å²) in [4.78, 5) is 4.46. The minimum Gasteiger partial charge on any atom is -0.326 e. The first-order valence-corrected chi connectivity index (χ1v) is 7.25. The molecule has 1 fully saturated rings. The zero-order chi connectivity index (χ0) is 13.1. The number of aromatic nitrogens is 2. The number of hydrogen-bond acceptors (Lipinski definition) is 2. The Morgan fingerprint density at radius 2 is 2.16 bits per heavy atom. The predicted molar refractivity (Wildman–Crippen MR) is 78.8 cm³/mol. The molecule has 0 spiro atoms. The summed E-state index contributed by atoms with van der Waals surface area (Å²) in [6.45, 7) is 2.18. The van der Waals surface area contributed by atoms with E-state index in [-0.39, 0.29) is 0 Å². The van der Waals surface area contributed by atoms with Gasteiger partial charge in [0.15, 0.2) is 0 Å². The maximum atomic E-state index is 4.46. The van der Waals surface area contributed by atoms with Crippen molar-refractivity contribution in [1.82, 2.24) is 9.55 Å². The van der Waals surface area contributed by atoms with Gasteiger partial charge in [-0.25, -0.2) is 4.98 Å². The fraction of sp³-hybridized carbons (Fsp3) is 0.438. The maximum Gasteiger partial charge on any atom is 0.207 e. The van der Waals surface area contributed by atoms with Crippen LogP contribution in [0.15, 0.2) is 36.7 Å². The van der Waals surface area contributed by atoms with Gasteiger partial charge in [-0.3, -0.25) is 0 Å². The summed E-state index contributed by atoms with van der Waals surface area (Å²) in [7, 11) is 0. The molecule has 0 atom stereocenters. The van der Waals surface area contributed by atoms with Crippen LogP contribution in [0.1, 0.15) is 44.2 Å². The Hall–Kier alpha value is -1.77. The Kier molecular flexibility index (Phi) is 3.53. The molecule has 1 saturated carbocycles. The minimum absolute atomic E-state index is 0.624. The molecule has 0 unspecified atom stereocenters. The summed E-state index contributed by atoms with van der Waals surface area (Å²) >= 11 is 0. The molecule has 3 nitrogen and oxygen atoms in total. The van der Waals surface area contributed by atoms with Crippen molar-refractivity contribution < 1.29 is 0 Å². The number of hydrogen-bond donors (Lipinski definition) is 1. The van der Waals surface area contributed by atoms with Gasteiger partial charge in [0.05, 0.1) is 0 Å². The Bertz CT molecular complexity index is 538. The van der Waals surface area contributed by atoms with Crippen LogP contribution in [0, 0.1) is 0 Å². The standard InChI is InChI=1S/C16H21N3/c1-2-13-6-5-7-14(12-13)18-16-17-10-11-19(16)15-8-3-4-9-15/h5-7,10-12,15H,2-4,8-9H2,1H3,(H,17,18). The van der Waals surface area contributed by atoms with Crippen molar-refractivity contribution in [2.75, 3.05) is 5.32 Å². The summed E-state index contributed by atoms with van der Waals surface area (Å²) in [6.07, 6.45) is 10.3. The van der Waals surface area contributed by atoms with Crippen molar-refractivity contribution >= 4 is 11.6 Å². The Morgan fingerprint density at radius 3 is 2.95 bits per heavy atom. The molecule has 3 rings (SSSR count). The lowest BCUT2D eigenvalue weighted by Crippen LogP contribution is -2.07. The summed E-state index contributed by atoms with van der Waals surface area (Å²) in [6, 6.07) is 9.19. The monoisotopic (exact) mass is 255 g/mol. The second-order valence-corrected chi connectivity index (χ2v) is 5.28. The van der Waals surface area contributed by atoms with Crippen LogP contribution < -0.4 is 5.32 Å². The van der Waals surface area contributed by atoms with Gasteiger partial charge in [0.25, 0.3) is 0 Å². The van der Waals surface area contributed by atoms with E-state index in [2.05, 4.69) is 52.3 Å². The molecule has 0 aliphatic heterocycles. The quantitative estimate of drug-likeness (QED) is 0.882. The second kappa shape index (κ2) is 5.47. The SMILES string of the molecule is CCc1cccc(Nc2nccn2C2CCCC2)c1. The first-order chi connectivity index (χ1) is 9.36. The minimum atomic E-state index is 0.624. The highest BCUT2D eigenvalue weighted by Crippen LogP contribution is 2.32. The first kappa shape index (κ1) is 12.3. The van der Waals surface area contributed by atoms with Crippen LogP contribution in [0.3, 0.4) is 0 Å². The smallest absolute Gasteiger partial charge is 0.207 e. The number of rotatable bonds is 4. The summed E-state index contributed by atoms with van der Waals surface area (Å²) in [5.41, 5.74) is 2.48. The highest BCUT2D eigenvalue weighted by molar-refractivity contribution is 5.54. The number of nitrogens with one attached hydrogen (secondary N) is 1. The Balaban J connectivity index is 1.81. The van der Waals surface area contributed by atoms with Crippen molar-refractivity contribution in [3.8, 4) is 0 Å². The van der Waals surface area contributed by atoms with Crippen molar-refractivity contribution in [3.05, 3.63) is 42.2 Å². The van der Waals surface area contributed by atoms with Gasteiger partial charge in [-0.1, -0.05) is 31.9 Å². The van der Waals surface area contributed by atoms with Crippen LogP contribution in [0.2, 0.25) is 0 Å². The first-order valence-electron chi connectivity index (χ1n) is 7.25. The number of anilines is 2. The fourth-order valence-electron chi connectivity index (χ4n) is 2.89. The van der Waals surface area contributed by atoms with Gasteiger partial charge < -0.3 is 9.88 Å². The zero-order valence-corrected chi connectivity index (χ0v) is 11.5. The van der Waals surface area contributed by atoms with E-state index in [0.717, 1.165) is 18.1 Å². The third-order valence-corrected chi connectivity index (χ3v) is 3.98. The van der Waals surface area contributed by atoms with Crippen molar-refractivity contribution in [2.45, 2.75) is 45.1 Å². The molecular formula is C16H21N3. The van der Waals surface area contributed by atoms with E-state index in [0.29, 0.717) is 6.04 Å². The molecule has 0 bridgehead atoms. The average molecular weight is 255 g/mol. The largest absolute Gasteiger partial charge is 0.326 e. The van der Waals surface area contributed by atoms with Gasteiger partial charge in [0, 0.05) is 24.1 Å². The fourth-order valence-corrected chi connectivity index (χ4v) is 2.89. The van der Waals surface area contributed by atoms with Gasteiger partial charge in [0.2, 0.25) is 5.95 Å². The van der Waals surface area contributed by atoms with E-state index in [1.165, 1.54) is 31.2 Å². The Morgan fingerprint density at radius 1 is 1.32 bits per heavy atom. The number of aryl methyl sites for hydroxylation is 1. The third kappa shape index (κ3) is 2.65. The van der Waals surface area contributed by atoms with Crippen LogP contribution >= 0.6 is 0 Å². The van der Waals surface area contributed by atoms with Crippen LogP contribution in [0.25, 0.3) is 0 Å². The topological polar surface area (TPSA) is 29.9 Å². The molecule has 1 heterocycles. The molecular weight excluding hydrogens is 234 g/mol. The molecule has 2 aromatic rings. The lowest BCUT2D eigenvalue weighted by Gasteiger charge is -2.16. The van der Waals surface area contributed by atoms with Gasteiger partial charge in [-0.2, -0.15) is 0 Å². The molecule has 0 amide bonds. The molecule has 1 aromatic carbocycles. The van der Waals surface area contributed by atoms with Crippen LogP contribution in [-0.2, 0) is 6.42 Å². The number of nitrogens with zero attached hydrogens (tertiary/aromatic N) is 2. The molecule has 1 aromatic heterocycles. The highest BCUT2D eigenvalue weighted by atomic mass is 15.2. The van der Waals surface area contributed by atoms with Crippen LogP contribution in [0.5, 0.6) is 0 Å². The average Bonchev–Trinajstić information content (AvgIpc) is 3.09. The second-order valence-electron chi connectivity index (χ2n) is 5.28. The van der Waals surface area contributed by atoms with E-state index in [1.54, 1.807) is 0 Å². The van der Waals surface area contributed by atoms with Crippen molar-refractivity contribution in [1.29, 1.82) is 0 Å². The van der Waals surface area contributed by atoms with Gasteiger partial charge >= 0.3 is 0 Å². The van der Waals surface area contributed by atoms with Gasteiger partial charge in [-0.15, -0.1) is 0 Å². The van der Waals surface area contributed by atoms with Crippen LogP contribution in [0.4, 0.5) is 11.6 Å². The van der Waals surface area contributed by atoms with E-state index < -0.39 is 0 Å². The summed E-state index contributed by atoms with van der Waals surface area (Å²) in [5.74, 6) is 0.972.